The van der Waals surface area contributed by atoms with Gasteiger partial charge in [-0.25, -0.2) is 4.98 Å². The number of hydrogen-bond donors (Lipinski definition) is 1. The summed E-state index contributed by atoms with van der Waals surface area (Å²) in [7, 11) is 0. The van der Waals surface area contributed by atoms with E-state index in [1.165, 1.54) is 10.6 Å². The van der Waals surface area contributed by atoms with E-state index < -0.39 is 16.2 Å². The summed E-state index contributed by atoms with van der Waals surface area (Å²) in [5.41, 5.74) is 0.0843. The summed E-state index contributed by atoms with van der Waals surface area (Å²) < 4.78 is 1.18. The molecule has 0 aliphatic heterocycles. The highest BCUT2D eigenvalue weighted by Crippen LogP contribution is 2.40. The van der Waals surface area contributed by atoms with Crippen molar-refractivity contribution in [3.05, 3.63) is 79.7 Å². The smallest absolute Gasteiger partial charge is 0.357 e. The summed E-state index contributed by atoms with van der Waals surface area (Å²) in [6, 6.07) is 12.2. The number of halogens is 1. The molecule has 0 spiro atoms. The highest BCUT2D eigenvalue weighted by Gasteiger charge is 2.32. The average Bonchev–Trinajstić information content (AvgIpc) is 2.60. The van der Waals surface area contributed by atoms with Gasteiger partial charge in [0.15, 0.2) is 0 Å². The Labute approximate surface area is 159 Å². The first-order valence-corrected chi connectivity index (χ1v) is 9.10. The van der Waals surface area contributed by atoms with E-state index in [4.69, 9.17) is 11.6 Å². The highest BCUT2D eigenvalue weighted by molar-refractivity contribution is 6.30. The second-order valence-corrected chi connectivity index (χ2v) is 7.10. The molecule has 1 unspecified atom stereocenters. The van der Waals surface area contributed by atoms with Crippen molar-refractivity contribution >= 4 is 28.8 Å². The molecule has 8 heteroatoms. The van der Waals surface area contributed by atoms with Gasteiger partial charge in [-0.2, -0.15) is 0 Å². The van der Waals surface area contributed by atoms with E-state index in [-0.39, 0.29) is 11.9 Å². The minimum absolute atomic E-state index is 0.00282. The second-order valence-electron chi connectivity index (χ2n) is 6.66. The Morgan fingerprint density at radius 2 is 1.96 bits per heavy atom. The van der Waals surface area contributed by atoms with Gasteiger partial charge in [-0.15, -0.1) is 0 Å². The van der Waals surface area contributed by atoms with E-state index in [1.54, 1.807) is 30.3 Å². The third kappa shape index (κ3) is 3.26. The number of aromatic nitrogens is 2. The molecule has 1 fully saturated rings. The normalized spacial score (nSPS) is 15.3. The number of rotatable bonds is 5. The van der Waals surface area contributed by atoms with Crippen LogP contribution in [0.1, 0.15) is 30.9 Å². The van der Waals surface area contributed by atoms with E-state index in [2.05, 4.69) is 10.3 Å². The molecule has 1 atom stereocenters. The van der Waals surface area contributed by atoms with Gasteiger partial charge in [0, 0.05) is 11.2 Å². The molecule has 1 N–H and O–H groups in total. The van der Waals surface area contributed by atoms with Crippen molar-refractivity contribution in [2.75, 3.05) is 5.32 Å². The molecular formula is C19H17ClN4O3. The predicted molar refractivity (Wildman–Crippen MR) is 103 cm³/mol. The average molecular weight is 385 g/mol. The summed E-state index contributed by atoms with van der Waals surface area (Å²) in [5, 5.41) is 15.4. The fourth-order valence-electron chi connectivity index (χ4n) is 3.41. The third-order valence-corrected chi connectivity index (χ3v) is 5.29. The molecule has 0 amide bonds. The van der Waals surface area contributed by atoms with Gasteiger partial charge in [-0.05, 0) is 48.6 Å². The minimum Gasteiger partial charge on any atom is -0.357 e. The Kier molecular flexibility index (Phi) is 4.53. The molecule has 1 aliphatic rings. The number of fused-ring (bicyclic) bond motifs is 1. The Balaban J connectivity index is 1.82. The molecule has 1 aliphatic carbocycles. The molecule has 138 valence electrons. The number of hydrogen-bond acceptors (Lipinski definition) is 5. The topological polar surface area (TPSA) is 89.5 Å². The second kappa shape index (κ2) is 7.00. The van der Waals surface area contributed by atoms with Crippen LogP contribution in [0.5, 0.6) is 0 Å². The van der Waals surface area contributed by atoms with Gasteiger partial charge < -0.3 is 5.32 Å². The van der Waals surface area contributed by atoms with Crippen LogP contribution in [-0.2, 0) is 0 Å². The van der Waals surface area contributed by atoms with Crippen molar-refractivity contribution < 1.29 is 4.92 Å². The van der Waals surface area contributed by atoms with E-state index >= 15 is 0 Å². The lowest BCUT2D eigenvalue weighted by Crippen LogP contribution is -2.29. The van der Waals surface area contributed by atoms with Gasteiger partial charge in [-0.3, -0.25) is 19.3 Å². The molecule has 3 aromatic rings. The van der Waals surface area contributed by atoms with Crippen LogP contribution in [0.3, 0.4) is 0 Å². The van der Waals surface area contributed by atoms with Crippen LogP contribution in [0.2, 0.25) is 5.02 Å². The van der Waals surface area contributed by atoms with Crippen molar-refractivity contribution in [3.8, 4) is 0 Å². The van der Waals surface area contributed by atoms with Crippen LogP contribution in [0.25, 0.3) is 5.65 Å². The molecule has 1 aromatic carbocycles. The van der Waals surface area contributed by atoms with Crippen molar-refractivity contribution in [1.82, 2.24) is 9.38 Å². The van der Waals surface area contributed by atoms with Crippen LogP contribution < -0.4 is 10.9 Å². The van der Waals surface area contributed by atoms with Gasteiger partial charge >= 0.3 is 11.2 Å². The summed E-state index contributed by atoms with van der Waals surface area (Å²) in [6.07, 6.45) is 4.62. The molecule has 4 rings (SSSR count). The fourth-order valence-corrected chi connectivity index (χ4v) is 3.53. The molecule has 0 bridgehead atoms. The number of benzene rings is 1. The zero-order valence-electron chi connectivity index (χ0n) is 14.3. The van der Waals surface area contributed by atoms with Crippen LogP contribution in [-0.4, -0.2) is 14.3 Å². The van der Waals surface area contributed by atoms with Gasteiger partial charge in [0.1, 0.15) is 5.65 Å². The lowest BCUT2D eigenvalue weighted by atomic mass is 9.77. The Morgan fingerprint density at radius 3 is 2.59 bits per heavy atom. The first-order chi connectivity index (χ1) is 13.0. The quantitative estimate of drug-likeness (QED) is 0.525. The highest BCUT2D eigenvalue weighted by atomic mass is 35.5. The summed E-state index contributed by atoms with van der Waals surface area (Å²) in [4.78, 5) is 27.9. The summed E-state index contributed by atoms with van der Waals surface area (Å²) >= 11 is 5.99. The Bertz CT molecular complexity index is 1060. The van der Waals surface area contributed by atoms with E-state index in [9.17, 15) is 14.9 Å². The number of nitrogens with zero attached hydrogens (tertiary/aromatic N) is 3. The van der Waals surface area contributed by atoms with Gasteiger partial charge in [0.05, 0.1) is 11.0 Å². The Morgan fingerprint density at radius 1 is 1.22 bits per heavy atom. The Hall–Kier alpha value is -2.93. The lowest BCUT2D eigenvalue weighted by Gasteiger charge is -2.34. The molecule has 7 nitrogen and oxygen atoms in total. The maximum atomic E-state index is 12.6. The third-order valence-electron chi connectivity index (χ3n) is 5.04. The first kappa shape index (κ1) is 17.5. The molecule has 0 radical (unpaired) electrons. The number of anilines is 1. The first-order valence-electron chi connectivity index (χ1n) is 8.72. The fraction of sp³-hybridized carbons (Fsp3) is 0.263. The molecule has 2 aromatic heterocycles. The van der Waals surface area contributed by atoms with Crippen LogP contribution in [0.4, 0.5) is 11.5 Å². The number of pyridine rings is 1. The molecule has 1 saturated carbocycles. The van der Waals surface area contributed by atoms with Crippen LogP contribution in [0, 0.1) is 16.0 Å². The maximum Gasteiger partial charge on any atom is 0.376 e. The van der Waals surface area contributed by atoms with Crippen molar-refractivity contribution in [1.29, 1.82) is 0 Å². The van der Waals surface area contributed by atoms with Crippen molar-refractivity contribution in [2.24, 2.45) is 5.92 Å². The van der Waals surface area contributed by atoms with Gasteiger partial charge in [0.25, 0.3) is 0 Å². The number of nitrogens with one attached hydrogen (secondary N) is 1. The SMILES string of the molecule is O=c1c([N+](=O)[O-])c(NC(c2ccc(Cl)cc2)C2CCC2)nc2ccccn12. The van der Waals surface area contributed by atoms with E-state index in [1.807, 2.05) is 12.1 Å². The maximum absolute atomic E-state index is 12.6. The predicted octanol–water partition coefficient (Wildman–Crippen LogP) is 4.21. The van der Waals surface area contributed by atoms with E-state index in [0.29, 0.717) is 16.6 Å². The van der Waals surface area contributed by atoms with Crippen molar-refractivity contribution in [3.63, 3.8) is 0 Å². The van der Waals surface area contributed by atoms with Crippen LogP contribution >= 0.6 is 11.6 Å². The molecule has 27 heavy (non-hydrogen) atoms. The van der Waals surface area contributed by atoms with Gasteiger partial charge in [0.2, 0.25) is 5.82 Å². The minimum atomic E-state index is -0.698. The standard InChI is InChI=1S/C19H17ClN4O3/c20-14-9-7-13(8-10-14)16(12-4-3-5-12)22-18-17(24(26)27)19(25)23-11-2-1-6-15(23)21-18/h1-2,6-12,16,22H,3-5H2. The monoisotopic (exact) mass is 384 g/mol. The number of nitro groups is 1. The summed E-state index contributed by atoms with van der Waals surface area (Å²) in [6.45, 7) is 0. The van der Waals surface area contributed by atoms with Crippen molar-refractivity contribution in [2.45, 2.75) is 25.3 Å². The molecule has 2 heterocycles. The van der Waals surface area contributed by atoms with E-state index in [0.717, 1.165) is 24.8 Å². The zero-order chi connectivity index (χ0) is 19.0. The molecule has 0 saturated heterocycles. The van der Waals surface area contributed by atoms with Gasteiger partial charge in [-0.1, -0.05) is 36.2 Å². The lowest BCUT2D eigenvalue weighted by molar-refractivity contribution is -0.385. The largest absolute Gasteiger partial charge is 0.376 e. The summed E-state index contributed by atoms with van der Waals surface area (Å²) in [5.74, 6) is 0.324. The molecular weight excluding hydrogens is 368 g/mol. The van der Waals surface area contributed by atoms with Crippen LogP contribution in [0.15, 0.2) is 53.5 Å². The zero-order valence-corrected chi connectivity index (χ0v) is 15.1.